The number of benzene rings is 2. The molecule has 2 N–H and O–H groups in total. The van der Waals surface area contributed by atoms with Crippen molar-refractivity contribution < 1.29 is 33.4 Å². The normalized spacial score (nSPS) is 17.4. The third-order valence-electron chi connectivity index (χ3n) is 5.81. The van der Waals surface area contributed by atoms with Crippen molar-refractivity contribution in [2.45, 2.75) is 31.8 Å². The molecule has 1 atom stereocenters. The largest absolute Gasteiger partial charge is 0.497 e. The molecule has 4 rings (SSSR count). The van der Waals surface area contributed by atoms with E-state index >= 15 is 0 Å². The van der Waals surface area contributed by atoms with E-state index < -0.39 is 29.7 Å². The summed E-state index contributed by atoms with van der Waals surface area (Å²) in [7, 11) is 3.04. The number of nitrogens with zero attached hydrogens (tertiary/aromatic N) is 1. The predicted molar refractivity (Wildman–Crippen MR) is 118 cm³/mol. The van der Waals surface area contributed by atoms with E-state index in [1.807, 2.05) is 0 Å². The van der Waals surface area contributed by atoms with E-state index in [9.17, 15) is 24.0 Å². The Morgan fingerprint density at radius 2 is 1.76 bits per heavy atom. The average Bonchev–Trinajstić information content (AvgIpc) is 3.08. The molecule has 2 aliphatic rings. The van der Waals surface area contributed by atoms with Crippen LogP contribution in [-0.2, 0) is 27.3 Å². The number of hydrogen-bond donors (Lipinski definition) is 2. The maximum absolute atomic E-state index is 13.1. The summed E-state index contributed by atoms with van der Waals surface area (Å²) in [6.45, 7) is 0.0192. The zero-order valence-electron chi connectivity index (χ0n) is 18.7. The number of imide groups is 2. The molecule has 0 bridgehead atoms. The molecule has 2 aliphatic heterocycles. The number of carbonyl (C=O) groups is 5. The molecule has 10 heteroatoms. The van der Waals surface area contributed by atoms with Crippen LogP contribution in [0.2, 0.25) is 0 Å². The Kier molecular flexibility index (Phi) is 6.31. The summed E-state index contributed by atoms with van der Waals surface area (Å²) in [5.74, 6) is -1.50. The van der Waals surface area contributed by atoms with Gasteiger partial charge >= 0.3 is 0 Å². The molecule has 0 aliphatic carbocycles. The Morgan fingerprint density at radius 1 is 1.06 bits per heavy atom. The summed E-state index contributed by atoms with van der Waals surface area (Å²) in [6, 6.07) is 8.88. The van der Waals surface area contributed by atoms with Crippen LogP contribution in [0.4, 0.5) is 0 Å². The van der Waals surface area contributed by atoms with Gasteiger partial charge in [0.1, 0.15) is 17.5 Å². The van der Waals surface area contributed by atoms with Crippen molar-refractivity contribution in [1.29, 1.82) is 0 Å². The molecule has 2 aromatic carbocycles. The van der Waals surface area contributed by atoms with Crippen molar-refractivity contribution in [3.8, 4) is 11.5 Å². The summed E-state index contributed by atoms with van der Waals surface area (Å²) < 4.78 is 10.4. The molecule has 0 spiro atoms. The highest BCUT2D eigenvalue weighted by molar-refractivity contribution is 6.24. The van der Waals surface area contributed by atoms with Gasteiger partial charge in [0, 0.05) is 19.0 Å². The van der Waals surface area contributed by atoms with Gasteiger partial charge in [-0.1, -0.05) is 12.1 Å². The molecule has 2 heterocycles. The number of piperidine rings is 1. The second kappa shape index (κ2) is 9.34. The van der Waals surface area contributed by atoms with Crippen molar-refractivity contribution in [1.82, 2.24) is 15.5 Å². The molecule has 0 saturated carbocycles. The molecule has 0 radical (unpaired) electrons. The number of hydrogen-bond acceptors (Lipinski definition) is 7. The topological polar surface area (TPSA) is 131 Å². The van der Waals surface area contributed by atoms with Gasteiger partial charge in [-0.2, -0.15) is 0 Å². The van der Waals surface area contributed by atoms with Crippen LogP contribution in [0.3, 0.4) is 0 Å². The lowest BCUT2D eigenvalue weighted by Gasteiger charge is -2.27. The lowest BCUT2D eigenvalue weighted by Crippen LogP contribution is -2.54. The van der Waals surface area contributed by atoms with E-state index in [2.05, 4.69) is 10.6 Å². The first kappa shape index (κ1) is 23.0. The van der Waals surface area contributed by atoms with Crippen molar-refractivity contribution in [3.63, 3.8) is 0 Å². The standard InChI is InChI=1S/C24H23N3O7/c1-33-15-8-13(9-16(11-15)34-2)10-20(29)25-12-14-4-3-5-17-21(14)24(32)27(23(17)31)18-6-7-19(28)26-22(18)30/h3-5,8-9,11,18H,6-7,10,12H2,1-2H3,(H,25,29)(H,26,28,30). The van der Waals surface area contributed by atoms with Crippen LogP contribution in [0, 0.1) is 0 Å². The first-order valence-corrected chi connectivity index (χ1v) is 10.6. The van der Waals surface area contributed by atoms with Crippen molar-refractivity contribution in [3.05, 3.63) is 58.7 Å². The number of amides is 5. The fourth-order valence-electron chi connectivity index (χ4n) is 4.14. The molecule has 176 valence electrons. The minimum absolute atomic E-state index is 0.0192. The van der Waals surface area contributed by atoms with Gasteiger partial charge < -0.3 is 14.8 Å². The smallest absolute Gasteiger partial charge is 0.262 e. The Labute approximate surface area is 195 Å². The highest BCUT2D eigenvalue weighted by atomic mass is 16.5. The zero-order chi connectivity index (χ0) is 24.4. The summed E-state index contributed by atoms with van der Waals surface area (Å²) in [4.78, 5) is 63.2. The second-order valence-electron chi connectivity index (χ2n) is 7.96. The van der Waals surface area contributed by atoms with Gasteiger partial charge in [-0.15, -0.1) is 0 Å². The zero-order valence-corrected chi connectivity index (χ0v) is 18.7. The number of ether oxygens (including phenoxy) is 2. The number of methoxy groups -OCH3 is 2. The lowest BCUT2D eigenvalue weighted by atomic mass is 10.0. The van der Waals surface area contributed by atoms with Crippen LogP contribution in [0.5, 0.6) is 11.5 Å². The van der Waals surface area contributed by atoms with Crippen molar-refractivity contribution >= 4 is 29.5 Å². The molecule has 5 amide bonds. The average molecular weight is 465 g/mol. The second-order valence-corrected chi connectivity index (χ2v) is 7.96. The van der Waals surface area contributed by atoms with Crippen LogP contribution in [0.15, 0.2) is 36.4 Å². The molecule has 10 nitrogen and oxygen atoms in total. The molecular weight excluding hydrogens is 442 g/mol. The van der Waals surface area contributed by atoms with Gasteiger partial charge in [0.2, 0.25) is 17.7 Å². The predicted octanol–water partition coefficient (Wildman–Crippen LogP) is 0.964. The van der Waals surface area contributed by atoms with E-state index in [4.69, 9.17) is 9.47 Å². The summed E-state index contributed by atoms with van der Waals surface area (Å²) in [5.41, 5.74) is 1.46. The van der Waals surface area contributed by atoms with Gasteiger partial charge in [-0.3, -0.25) is 34.2 Å². The molecular formula is C24H23N3O7. The Hall–Kier alpha value is -4.21. The first-order valence-electron chi connectivity index (χ1n) is 10.6. The summed E-state index contributed by atoms with van der Waals surface area (Å²) >= 11 is 0. The van der Waals surface area contributed by atoms with E-state index in [-0.39, 0.29) is 42.8 Å². The monoisotopic (exact) mass is 465 g/mol. The van der Waals surface area contributed by atoms with Crippen LogP contribution >= 0.6 is 0 Å². The van der Waals surface area contributed by atoms with Gasteiger partial charge in [0.25, 0.3) is 11.8 Å². The molecule has 1 unspecified atom stereocenters. The Balaban J connectivity index is 1.49. The van der Waals surface area contributed by atoms with Crippen molar-refractivity contribution in [2.75, 3.05) is 14.2 Å². The maximum Gasteiger partial charge on any atom is 0.262 e. The van der Waals surface area contributed by atoms with Gasteiger partial charge in [-0.05, 0) is 35.7 Å². The van der Waals surface area contributed by atoms with E-state index in [0.29, 0.717) is 22.6 Å². The highest BCUT2D eigenvalue weighted by Crippen LogP contribution is 2.30. The van der Waals surface area contributed by atoms with Crippen LogP contribution in [0.25, 0.3) is 0 Å². The molecule has 2 aromatic rings. The number of nitrogens with one attached hydrogen (secondary N) is 2. The SMILES string of the molecule is COc1cc(CC(=O)NCc2cccc3c2C(=O)N(C2CCC(=O)NC2=O)C3=O)cc(OC)c1. The third kappa shape index (κ3) is 4.34. The fourth-order valence-corrected chi connectivity index (χ4v) is 4.14. The van der Waals surface area contributed by atoms with Crippen LogP contribution in [-0.4, -0.2) is 54.7 Å². The van der Waals surface area contributed by atoms with Gasteiger partial charge in [-0.25, -0.2) is 0 Å². The van der Waals surface area contributed by atoms with E-state index in [1.165, 1.54) is 20.3 Å². The van der Waals surface area contributed by atoms with Crippen LogP contribution < -0.4 is 20.1 Å². The molecule has 1 fully saturated rings. The fraction of sp³-hybridized carbons (Fsp3) is 0.292. The molecule has 0 aromatic heterocycles. The highest BCUT2D eigenvalue weighted by Gasteiger charge is 2.45. The maximum atomic E-state index is 13.1. The minimum Gasteiger partial charge on any atom is -0.497 e. The number of fused-ring (bicyclic) bond motifs is 1. The first-order chi connectivity index (χ1) is 16.3. The van der Waals surface area contributed by atoms with Crippen LogP contribution in [0.1, 0.15) is 44.7 Å². The third-order valence-corrected chi connectivity index (χ3v) is 5.81. The van der Waals surface area contributed by atoms with E-state index in [1.54, 1.807) is 30.3 Å². The summed E-state index contributed by atoms with van der Waals surface area (Å²) in [5, 5.41) is 4.94. The van der Waals surface area contributed by atoms with Gasteiger partial charge in [0.15, 0.2) is 0 Å². The lowest BCUT2D eigenvalue weighted by molar-refractivity contribution is -0.136. The number of carbonyl (C=O) groups excluding carboxylic acids is 5. The Morgan fingerprint density at radius 3 is 2.41 bits per heavy atom. The minimum atomic E-state index is -1.05. The van der Waals surface area contributed by atoms with E-state index in [0.717, 1.165) is 4.90 Å². The quantitative estimate of drug-likeness (QED) is 0.583. The molecule has 34 heavy (non-hydrogen) atoms. The van der Waals surface area contributed by atoms with Gasteiger partial charge in [0.05, 0.1) is 31.8 Å². The summed E-state index contributed by atoms with van der Waals surface area (Å²) in [6.07, 6.45) is 0.172. The Bertz CT molecular complexity index is 1180. The number of rotatable bonds is 7. The molecule has 1 saturated heterocycles. The van der Waals surface area contributed by atoms with Crippen molar-refractivity contribution in [2.24, 2.45) is 0 Å².